The molecule has 0 radical (unpaired) electrons. The topological polar surface area (TPSA) is 137 Å². The van der Waals surface area contributed by atoms with E-state index in [1.54, 1.807) is 24.4 Å². The van der Waals surface area contributed by atoms with E-state index < -0.39 is 81.0 Å². The first-order valence-electron chi connectivity index (χ1n) is 18.3. The van der Waals surface area contributed by atoms with Crippen LogP contribution < -0.4 is 10.0 Å². The summed E-state index contributed by atoms with van der Waals surface area (Å²) in [5.74, 6) is -5.50. The molecule has 11 nitrogen and oxygen atoms in total. The SMILES string of the molecule is Cn1nc(NS(C)(=O)=O)c2c(Cl)ccc(-c3ccc(-c4cnc(C(C)(C)C)s4)nc3[C@H](Cc3cc(F)cc(F)c3)NC(=O)Cn3nc(C(F)(F)F)c4c3C(F)(F)[C@@H]3C#C[C@H]43)c21. The van der Waals surface area contributed by atoms with Gasteiger partial charge in [-0.3, -0.25) is 18.9 Å². The van der Waals surface area contributed by atoms with Crippen molar-refractivity contribution in [1.29, 1.82) is 0 Å². The molecule has 0 fully saturated rings. The van der Waals surface area contributed by atoms with Gasteiger partial charge in [0.15, 0.2) is 11.5 Å². The number of anilines is 1. The maximum Gasteiger partial charge on any atom is 0.435 e. The van der Waals surface area contributed by atoms with Gasteiger partial charge in [0.1, 0.15) is 29.8 Å². The summed E-state index contributed by atoms with van der Waals surface area (Å²) < 4.78 is 132. The number of pyridine rings is 1. The van der Waals surface area contributed by atoms with Crippen LogP contribution in [0.3, 0.4) is 0 Å². The standard InChI is InChI=1S/C40H32ClF7N8O3S2/c1-38(2,3)37-49-16-28(60-37)26-11-8-21(22-7-10-25(41)31-33(22)55(4)53-36(31)54-61(5,58)59)32(51-26)27(14-18-12-19(42)15-20(43)13-18)50-29(57)17-56-35-30(34(52-56)40(46,47)48)23-6-9-24(23)39(35,44)45/h7-8,10-13,15-16,23-24,27H,14,17H2,1-5H3,(H,50,57)(H,53,54)/t23-,24+,27-/m0/s1. The molecule has 4 heterocycles. The number of carbonyl (C=O) groups is 1. The Kier molecular flexibility index (Phi) is 10.1. The summed E-state index contributed by atoms with van der Waals surface area (Å²) >= 11 is 7.96. The van der Waals surface area contributed by atoms with E-state index in [0.29, 0.717) is 32.4 Å². The molecule has 0 aliphatic heterocycles. The van der Waals surface area contributed by atoms with Gasteiger partial charge in [-0.2, -0.15) is 32.1 Å². The van der Waals surface area contributed by atoms with Crippen LogP contribution >= 0.6 is 22.9 Å². The fraction of sp³-hybridized carbons (Fsp3) is 0.325. The summed E-state index contributed by atoms with van der Waals surface area (Å²) in [5.41, 5.74) is -2.45. The molecule has 61 heavy (non-hydrogen) atoms. The van der Waals surface area contributed by atoms with Crippen molar-refractivity contribution in [1.82, 2.24) is 34.8 Å². The second kappa shape index (κ2) is 14.6. The molecule has 6 aromatic rings. The van der Waals surface area contributed by atoms with Crippen molar-refractivity contribution in [3.05, 3.63) is 98.5 Å². The summed E-state index contributed by atoms with van der Waals surface area (Å²) in [4.78, 5) is 24.2. The zero-order chi connectivity index (χ0) is 44.1. The normalized spacial score (nSPS) is 17.3. The van der Waals surface area contributed by atoms with E-state index in [-0.39, 0.29) is 44.9 Å². The molecule has 318 valence electrons. The summed E-state index contributed by atoms with van der Waals surface area (Å²) in [6.45, 7) is 4.78. The van der Waals surface area contributed by atoms with Crippen molar-refractivity contribution in [3.8, 4) is 33.5 Å². The molecule has 3 atom stereocenters. The van der Waals surface area contributed by atoms with Gasteiger partial charge in [-0.15, -0.1) is 11.3 Å². The zero-order valence-electron chi connectivity index (χ0n) is 32.5. The van der Waals surface area contributed by atoms with E-state index >= 15 is 8.78 Å². The molecule has 0 bridgehead atoms. The lowest BCUT2D eigenvalue weighted by atomic mass is 9.84. The molecule has 2 aliphatic carbocycles. The van der Waals surface area contributed by atoms with E-state index in [4.69, 9.17) is 16.6 Å². The lowest BCUT2D eigenvalue weighted by Crippen LogP contribution is -2.36. The molecule has 1 amide bonds. The highest BCUT2D eigenvalue weighted by Crippen LogP contribution is 2.58. The van der Waals surface area contributed by atoms with Gasteiger partial charge in [-0.25, -0.2) is 27.2 Å². The van der Waals surface area contributed by atoms with Crippen LogP contribution in [0.25, 0.3) is 32.6 Å². The number of fused-ring (bicyclic) bond motifs is 4. The maximum absolute atomic E-state index is 15.6. The second-order valence-corrected chi connectivity index (χ2v) is 19.0. The Morgan fingerprint density at radius 2 is 1.72 bits per heavy atom. The molecule has 8 rings (SSSR count). The quantitative estimate of drug-likeness (QED) is 0.104. The van der Waals surface area contributed by atoms with Crippen molar-refractivity contribution in [3.63, 3.8) is 0 Å². The number of aromatic nitrogens is 6. The maximum atomic E-state index is 15.6. The molecule has 2 aromatic carbocycles. The highest BCUT2D eigenvalue weighted by atomic mass is 35.5. The molecule has 2 aliphatic rings. The summed E-state index contributed by atoms with van der Waals surface area (Å²) in [6, 6.07) is 7.68. The fourth-order valence-electron chi connectivity index (χ4n) is 7.63. The number of rotatable bonds is 10. The Hall–Kier alpha value is -5.52. The molecular weight excluding hydrogens is 873 g/mol. The van der Waals surface area contributed by atoms with Gasteiger partial charge < -0.3 is 5.32 Å². The number of thiazole rings is 1. The Morgan fingerprint density at radius 3 is 2.33 bits per heavy atom. The molecule has 21 heteroatoms. The third kappa shape index (κ3) is 7.71. The van der Waals surface area contributed by atoms with Crippen molar-refractivity contribution in [2.24, 2.45) is 13.0 Å². The van der Waals surface area contributed by atoms with E-state index in [1.807, 2.05) is 20.8 Å². The molecular formula is C40H32ClF7N8O3S2. The highest BCUT2D eigenvalue weighted by Gasteiger charge is 2.62. The first kappa shape index (κ1) is 42.2. The van der Waals surface area contributed by atoms with Gasteiger partial charge in [-0.1, -0.05) is 56.3 Å². The summed E-state index contributed by atoms with van der Waals surface area (Å²) in [5, 5.41) is 11.6. The molecule has 0 spiro atoms. The summed E-state index contributed by atoms with van der Waals surface area (Å²) in [7, 11) is -2.32. The van der Waals surface area contributed by atoms with Gasteiger partial charge in [0.25, 0.3) is 0 Å². The molecule has 0 saturated heterocycles. The van der Waals surface area contributed by atoms with E-state index in [2.05, 4.69) is 37.1 Å². The molecule has 0 saturated carbocycles. The fourth-order valence-corrected chi connectivity index (χ4v) is 9.31. The minimum Gasteiger partial charge on any atom is -0.346 e. The van der Waals surface area contributed by atoms with Crippen LogP contribution in [0, 0.1) is 29.4 Å². The minimum absolute atomic E-state index is 0.0229. The Labute approximate surface area is 352 Å². The van der Waals surface area contributed by atoms with Crippen LogP contribution in [-0.4, -0.2) is 50.1 Å². The van der Waals surface area contributed by atoms with Gasteiger partial charge in [0.2, 0.25) is 15.9 Å². The number of sulfonamides is 1. The van der Waals surface area contributed by atoms with Gasteiger partial charge in [-0.05, 0) is 36.2 Å². The van der Waals surface area contributed by atoms with E-state index in [0.717, 1.165) is 23.4 Å². The number of aryl methyl sites for hydroxylation is 1. The van der Waals surface area contributed by atoms with Crippen LogP contribution in [0.4, 0.5) is 36.6 Å². The third-order valence-electron chi connectivity index (χ3n) is 10.2. The van der Waals surface area contributed by atoms with Gasteiger partial charge >= 0.3 is 12.1 Å². The Morgan fingerprint density at radius 1 is 1.03 bits per heavy atom. The monoisotopic (exact) mass is 904 g/mol. The number of benzene rings is 2. The predicted molar refractivity (Wildman–Crippen MR) is 213 cm³/mol. The average Bonchev–Trinajstić information content (AvgIpc) is 3.86. The van der Waals surface area contributed by atoms with Crippen LogP contribution in [0.5, 0.6) is 0 Å². The highest BCUT2D eigenvalue weighted by molar-refractivity contribution is 7.92. The van der Waals surface area contributed by atoms with Crippen molar-refractivity contribution >= 4 is 55.6 Å². The van der Waals surface area contributed by atoms with Crippen LogP contribution in [0.2, 0.25) is 5.02 Å². The molecule has 0 unspecified atom stereocenters. The lowest BCUT2D eigenvalue weighted by molar-refractivity contribution is -0.142. The number of nitrogens with zero attached hydrogens (tertiary/aromatic N) is 6. The van der Waals surface area contributed by atoms with Gasteiger partial charge in [0.05, 0.1) is 55.4 Å². The number of alkyl halides is 5. The first-order valence-corrected chi connectivity index (χ1v) is 21.4. The average molecular weight is 905 g/mol. The number of hydrogen-bond donors (Lipinski definition) is 2. The number of nitrogens with one attached hydrogen (secondary N) is 2. The molecule has 2 N–H and O–H groups in total. The smallest absolute Gasteiger partial charge is 0.346 e. The Balaban J connectivity index is 1.30. The number of carbonyl (C=O) groups excluding carboxylic acids is 1. The second-order valence-electron chi connectivity index (χ2n) is 15.8. The third-order valence-corrected chi connectivity index (χ3v) is 12.5. The predicted octanol–water partition coefficient (Wildman–Crippen LogP) is 8.50. The number of halogens is 8. The van der Waals surface area contributed by atoms with Crippen molar-refractivity contribution in [2.75, 3.05) is 11.0 Å². The van der Waals surface area contributed by atoms with E-state index in [1.165, 1.54) is 29.1 Å². The van der Waals surface area contributed by atoms with Crippen molar-refractivity contribution < 1.29 is 43.9 Å². The lowest BCUT2D eigenvalue weighted by Gasteiger charge is -2.24. The number of hydrogen-bond acceptors (Lipinski definition) is 8. The summed E-state index contributed by atoms with van der Waals surface area (Å²) in [6.07, 6.45) is -2.99. The Bertz CT molecular complexity index is 2960. The van der Waals surface area contributed by atoms with Crippen molar-refractivity contribution in [2.45, 2.75) is 63.2 Å². The van der Waals surface area contributed by atoms with Gasteiger partial charge in [0, 0.05) is 41.4 Å². The minimum atomic E-state index is -5.15. The first-order chi connectivity index (χ1) is 28.4. The van der Waals surface area contributed by atoms with Crippen LogP contribution in [-0.2, 0) is 52.3 Å². The van der Waals surface area contributed by atoms with Crippen LogP contribution in [0.1, 0.15) is 65.9 Å². The number of amides is 1. The van der Waals surface area contributed by atoms with E-state index in [9.17, 15) is 35.2 Å². The largest absolute Gasteiger partial charge is 0.435 e. The van der Waals surface area contributed by atoms with Crippen LogP contribution in [0.15, 0.2) is 48.7 Å². The molecule has 4 aromatic heterocycles. The zero-order valence-corrected chi connectivity index (χ0v) is 34.9.